The zero-order valence-electron chi connectivity index (χ0n) is 24.6. The van der Waals surface area contributed by atoms with E-state index in [2.05, 4.69) is 174 Å². The molecule has 0 spiro atoms. The van der Waals surface area contributed by atoms with Crippen LogP contribution in [0.25, 0.3) is 82.9 Å². The molecule has 210 valence electrons. The van der Waals surface area contributed by atoms with Crippen molar-refractivity contribution in [2.75, 3.05) is 0 Å². The molecule has 9 aromatic rings. The van der Waals surface area contributed by atoms with Crippen molar-refractivity contribution in [1.29, 1.82) is 0 Å². The van der Waals surface area contributed by atoms with Crippen LogP contribution in [0.15, 0.2) is 170 Å². The molecule has 2 nitrogen and oxygen atoms in total. The molecule has 0 saturated carbocycles. The molecule has 0 amide bonds. The summed E-state index contributed by atoms with van der Waals surface area (Å²) < 4.78 is 2.41. The zero-order valence-corrected chi connectivity index (χ0v) is 24.6. The maximum absolute atomic E-state index is 5.50. The van der Waals surface area contributed by atoms with Crippen LogP contribution in [-0.4, -0.2) is 9.38 Å². The number of benzene rings is 7. The van der Waals surface area contributed by atoms with Crippen molar-refractivity contribution < 1.29 is 0 Å². The molecule has 0 saturated heterocycles. The Balaban J connectivity index is 1.40. The number of rotatable bonds is 4. The molecule has 0 atom stereocenters. The lowest BCUT2D eigenvalue weighted by atomic mass is 9.96. The minimum atomic E-state index is 0.976. The standard InChI is InChI=1S/C43H28N2/c1-4-12-29(13-5-1)30-20-22-31(23-21-30)35-25-26-37-38-27-24-32-14-10-11-19-36(32)40(38)43-44-41(33-15-6-2-7-16-33)42(45(43)39(37)28-35)34-17-8-3-9-18-34/h1-28H. The fourth-order valence-electron chi connectivity index (χ4n) is 6.83. The average Bonchev–Trinajstić information content (AvgIpc) is 3.53. The molecular formula is C43H28N2. The van der Waals surface area contributed by atoms with E-state index in [0.717, 1.165) is 33.7 Å². The van der Waals surface area contributed by atoms with Crippen molar-refractivity contribution in [3.05, 3.63) is 170 Å². The number of nitrogens with zero attached hydrogens (tertiary/aromatic N) is 2. The highest BCUT2D eigenvalue weighted by molar-refractivity contribution is 6.23. The molecule has 0 radical (unpaired) electrons. The summed E-state index contributed by atoms with van der Waals surface area (Å²) in [5.74, 6) is 0. The summed E-state index contributed by atoms with van der Waals surface area (Å²) in [4.78, 5) is 5.50. The summed E-state index contributed by atoms with van der Waals surface area (Å²) in [5.41, 5.74) is 11.3. The van der Waals surface area contributed by atoms with E-state index in [9.17, 15) is 0 Å². The SMILES string of the molecule is c1ccc(-c2ccc(-c3ccc4c5ccc6ccccc6c5c5nc(-c6ccccc6)c(-c6ccccc6)n5c4c3)cc2)cc1. The Hall–Kier alpha value is -5.99. The largest absolute Gasteiger partial charge is 0.291 e. The Bertz CT molecular complexity index is 2490. The summed E-state index contributed by atoms with van der Waals surface area (Å²) in [7, 11) is 0. The van der Waals surface area contributed by atoms with E-state index in [1.807, 2.05) is 0 Å². The fraction of sp³-hybridized carbons (Fsp3) is 0. The first-order chi connectivity index (χ1) is 22.3. The van der Waals surface area contributed by atoms with E-state index < -0.39 is 0 Å². The van der Waals surface area contributed by atoms with Crippen molar-refractivity contribution in [1.82, 2.24) is 9.38 Å². The molecule has 2 heterocycles. The van der Waals surface area contributed by atoms with Gasteiger partial charge in [-0.3, -0.25) is 4.40 Å². The minimum absolute atomic E-state index is 0.976. The number of fused-ring (bicyclic) bond motifs is 8. The predicted molar refractivity (Wildman–Crippen MR) is 189 cm³/mol. The first kappa shape index (κ1) is 25.5. The predicted octanol–water partition coefficient (Wildman–Crippen LogP) is 11.5. The van der Waals surface area contributed by atoms with Gasteiger partial charge in [0.25, 0.3) is 0 Å². The third-order valence-corrected chi connectivity index (χ3v) is 8.98. The van der Waals surface area contributed by atoms with Crippen LogP contribution in [0.1, 0.15) is 0 Å². The van der Waals surface area contributed by atoms with Crippen molar-refractivity contribution in [3.8, 4) is 44.8 Å². The summed E-state index contributed by atoms with van der Waals surface area (Å²) in [5, 5.41) is 6.03. The van der Waals surface area contributed by atoms with Crippen molar-refractivity contribution in [2.24, 2.45) is 0 Å². The van der Waals surface area contributed by atoms with Gasteiger partial charge in [0.1, 0.15) is 5.65 Å². The normalized spacial score (nSPS) is 11.6. The lowest BCUT2D eigenvalue weighted by Crippen LogP contribution is -1.96. The second kappa shape index (κ2) is 10.3. The third kappa shape index (κ3) is 4.15. The van der Waals surface area contributed by atoms with Crippen molar-refractivity contribution >= 4 is 38.1 Å². The average molecular weight is 573 g/mol. The molecule has 0 aliphatic rings. The molecule has 0 aliphatic heterocycles. The molecular weight excluding hydrogens is 544 g/mol. The van der Waals surface area contributed by atoms with Crippen LogP contribution in [0, 0.1) is 0 Å². The van der Waals surface area contributed by atoms with E-state index in [-0.39, 0.29) is 0 Å². The van der Waals surface area contributed by atoms with Crippen LogP contribution in [0.4, 0.5) is 0 Å². The van der Waals surface area contributed by atoms with Crippen LogP contribution in [0.2, 0.25) is 0 Å². The highest BCUT2D eigenvalue weighted by Gasteiger charge is 2.22. The second-order valence-electron chi connectivity index (χ2n) is 11.6. The van der Waals surface area contributed by atoms with Gasteiger partial charge in [0.15, 0.2) is 0 Å². The molecule has 0 unspecified atom stereocenters. The van der Waals surface area contributed by atoms with Gasteiger partial charge < -0.3 is 0 Å². The second-order valence-corrected chi connectivity index (χ2v) is 11.6. The smallest absolute Gasteiger partial charge is 0.147 e. The first-order valence-corrected chi connectivity index (χ1v) is 15.4. The molecule has 7 aromatic carbocycles. The first-order valence-electron chi connectivity index (χ1n) is 15.4. The number of aromatic nitrogens is 2. The Morgan fingerprint density at radius 3 is 1.62 bits per heavy atom. The number of imidazole rings is 1. The van der Waals surface area contributed by atoms with Gasteiger partial charge >= 0.3 is 0 Å². The van der Waals surface area contributed by atoms with Gasteiger partial charge in [-0.2, -0.15) is 0 Å². The van der Waals surface area contributed by atoms with Crippen LogP contribution >= 0.6 is 0 Å². The molecule has 45 heavy (non-hydrogen) atoms. The zero-order chi connectivity index (χ0) is 29.7. The summed E-state index contributed by atoms with van der Waals surface area (Å²) in [6.45, 7) is 0. The lowest BCUT2D eigenvalue weighted by molar-refractivity contribution is 1.27. The molecule has 9 rings (SSSR count). The Labute approximate surface area is 261 Å². The van der Waals surface area contributed by atoms with Crippen molar-refractivity contribution in [2.45, 2.75) is 0 Å². The van der Waals surface area contributed by atoms with Crippen LogP contribution in [0.5, 0.6) is 0 Å². The Morgan fingerprint density at radius 2 is 0.911 bits per heavy atom. The van der Waals surface area contributed by atoms with Gasteiger partial charge in [0, 0.05) is 21.9 Å². The quantitative estimate of drug-likeness (QED) is 0.192. The van der Waals surface area contributed by atoms with Crippen LogP contribution < -0.4 is 0 Å². The third-order valence-electron chi connectivity index (χ3n) is 8.98. The van der Waals surface area contributed by atoms with Gasteiger partial charge in [-0.25, -0.2) is 4.98 Å². The van der Waals surface area contributed by atoms with Crippen LogP contribution in [0.3, 0.4) is 0 Å². The summed E-state index contributed by atoms with van der Waals surface area (Å²) >= 11 is 0. The molecule has 0 fully saturated rings. The van der Waals surface area contributed by atoms with Gasteiger partial charge in [0.05, 0.1) is 16.9 Å². The van der Waals surface area contributed by atoms with Gasteiger partial charge in [-0.1, -0.05) is 164 Å². The molecule has 0 aliphatic carbocycles. The molecule has 0 N–H and O–H groups in total. The molecule has 2 aromatic heterocycles. The van der Waals surface area contributed by atoms with E-state index >= 15 is 0 Å². The monoisotopic (exact) mass is 572 g/mol. The van der Waals surface area contributed by atoms with E-state index in [1.54, 1.807) is 0 Å². The summed E-state index contributed by atoms with van der Waals surface area (Å²) in [6.07, 6.45) is 0. The number of pyridine rings is 1. The van der Waals surface area contributed by atoms with Gasteiger partial charge in [0.2, 0.25) is 0 Å². The molecule has 0 bridgehead atoms. The maximum Gasteiger partial charge on any atom is 0.147 e. The van der Waals surface area contributed by atoms with Crippen LogP contribution in [-0.2, 0) is 0 Å². The van der Waals surface area contributed by atoms with E-state index in [4.69, 9.17) is 4.98 Å². The maximum atomic E-state index is 5.50. The van der Waals surface area contributed by atoms with E-state index in [0.29, 0.717) is 0 Å². The Kier molecular flexibility index (Phi) is 5.85. The lowest BCUT2D eigenvalue weighted by Gasteiger charge is -2.15. The summed E-state index contributed by atoms with van der Waals surface area (Å²) in [6, 6.07) is 60.8. The topological polar surface area (TPSA) is 17.3 Å². The molecule has 2 heteroatoms. The minimum Gasteiger partial charge on any atom is -0.291 e. The Morgan fingerprint density at radius 1 is 0.378 bits per heavy atom. The highest BCUT2D eigenvalue weighted by atomic mass is 15.0. The van der Waals surface area contributed by atoms with E-state index in [1.165, 1.54) is 49.2 Å². The van der Waals surface area contributed by atoms with Gasteiger partial charge in [-0.05, 0) is 44.5 Å². The fourth-order valence-corrected chi connectivity index (χ4v) is 6.83. The number of hydrogen-bond donors (Lipinski definition) is 0. The van der Waals surface area contributed by atoms with Crippen molar-refractivity contribution in [3.63, 3.8) is 0 Å². The highest BCUT2D eigenvalue weighted by Crippen LogP contribution is 2.42. The van der Waals surface area contributed by atoms with Gasteiger partial charge in [-0.15, -0.1) is 0 Å². The number of hydrogen-bond acceptors (Lipinski definition) is 1.